The van der Waals surface area contributed by atoms with E-state index in [0.717, 1.165) is 5.56 Å². The van der Waals surface area contributed by atoms with Crippen LogP contribution in [0.3, 0.4) is 0 Å². The van der Waals surface area contributed by atoms with Crippen molar-refractivity contribution in [3.8, 4) is 0 Å². The number of rotatable bonds is 2. The van der Waals surface area contributed by atoms with E-state index in [1.807, 2.05) is 51.1 Å². The van der Waals surface area contributed by atoms with Gasteiger partial charge in [0.25, 0.3) is 0 Å². The van der Waals surface area contributed by atoms with Crippen molar-refractivity contribution in [1.29, 1.82) is 0 Å². The van der Waals surface area contributed by atoms with Crippen molar-refractivity contribution in [3.63, 3.8) is 0 Å². The molecule has 0 bridgehead atoms. The largest absolute Gasteiger partial charge is 0.388 e. The van der Waals surface area contributed by atoms with Crippen molar-refractivity contribution in [2.75, 3.05) is 0 Å². The van der Waals surface area contributed by atoms with Crippen molar-refractivity contribution in [3.05, 3.63) is 59.2 Å². The van der Waals surface area contributed by atoms with Gasteiger partial charge in [-0.2, -0.15) is 0 Å². The molecule has 2 nitrogen and oxygen atoms in total. The van der Waals surface area contributed by atoms with Gasteiger partial charge in [0.2, 0.25) is 0 Å². The molecule has 3 atom stereocenters. The number of benzene rings is 1. The summed E-state index contributed by atoms with van der Waals surface area (Å²) in [5.41, 5.74) is -0.797. The molecule has 0 fully saturated rings. The minimum Gasteiger partial charge on any atom is -0.388 e. The Balaban J connectivity index is 2.43. The number of aliphatic hydroxyl groups is 2. The van der Waals surface area contributed by atoms with Crippen LogP contribution < -0.4 is 0 Å². The first-order valence-corrected chi connectivity index (χ1v) is 7.15. The highest BCUT2D eigenvalue weighted by atomic mass is 35.5. The molecule has 0 aliphatic heterocycles. The molecule has 0 saturated carbocycles. The maximum Gasteiger partial charge on any atom is 0.0970 e. The first-order valence-electron chi connectivity index (χ1n) is 6.77. The van der Waals surface area contributed by atoms with E-state index in [9.17, 15) is 10.2 Å². The molecule has 0 radical (unpaired) electrons. The molecule has 0 saturated heterocycles. The average Bonchev–Trinajstić information content (AvgIpc) is 2.40. The van der Waals surface area contributed by atoms with E-state index >= 15 is 0 Å². The van der Waals surface area contributed by atoms with Gasteiger partial charge in [0.15, 0.2) is 0 Å². The third kappa shape index (κ3) is 2.69. The van der Waals surface area contributed by atoms with Crippen LogP contribution in [0.5, 0.6) is 0 Å². The first kappa shape index (κ1) is 15.3. The number of halogens is 1. The predicted molar refractivity (Wildman–Crippen MR) is 82.4 cm³/mol. The zero-order valence-corrected chi connectivity index (χ0v) is 12.8. The molecule has 0 amide bonds. The molecule has 20 heavy (non-hydrogen) atoms. The Bertz CT molecular complexity index is 528. The smallest absolute Gasteiger partial charge is 0.0970 e. The summed E-state index contributed by atoms with van der Waals surface area (Å²) in [6.07, 6.45) is 4.33. The summed E-state index contributed by atoms with van der Waals surface area (Å²) in [7, 11) is 0. The van der Waals surface area contributed by atoms with Crippen LogP contribution in [0.2, 0.25) is 0 Å². The zero-order valence-electron chi connectivity index (χ0n) is 12.0. The van der Waals surface area contributed by atoms with Crippen molar-refractivity contribution >= 4 is 11.6 Å². The minimum absolute atomic E-state index is 0.419. The van der Waals surface area contributed by atoms with E-state index in [2.05, 4.69) is 0 Å². The van der Waals surface area contributed by atoms with Gasteiger partial charge in [-0.15, -0.1) is 0 Å². The van der Waals surface area contributed by atoms with Crippen molar-refractivity contribution in [1.82, 2.24) is 0 Å². The first-order chi connectivity index (χ1) is 9.25. The van der Waals surface area contributed by atoms with E-state index in [4.69, 9.17) is 11.6 Å². The molecule has 108 valence electrons. The van der Waals surface area contributed by atoms with E-state index in [0.29, 0.717) is 5.03 Å². The summed E-state index contributed by atoms with van der Waals surface area (Å²) in [4.78, 5) is 0. The lowest BCUT2D eigenvalue weighted by Crippen LogP contribution is -2.50. The molecule has 1 aromatic rings. The summed E-state index contributed by atoms with van der Waals surface area (Å²) >= 11 is 6.07. The zero-order chi connectivity index (χ0) is 15.0. The number of allylic oxidation sites excluding steroid dienone is 2. The van der Waals surface area contributed by atoms with Gasteiger partial charge in [0.1, 0.15) is 0 Å². The molecule has 3 unspecified atom stereocenters. The standard InChI is InChI=1S/C17H21ClO2/c1-16(2,3)17(20)10-9-13(18)11-14(17)15(19)12-7-5-4-6-8-12/h4-11,14-15,19-20H,1-3H3. The van der Waals surface area contributed by atoms with Crippen molar-refractivity contribution in [2.45, 2.75) is 32.5 Å². The van der Waals surface area contributed by atoms with Gasteiger partial charge in [0.05, 0.1) is 11.7 Å². The Hall–Kier alpha value is -1.09. The summed E-state index contributed by atoms with van der Waals surface area (Å²) in [6.45, 7) is 5.86. The maximum absolute atomic E-state index is 11.1. The molecular weight excluding hydrogens is 272 g/mol. The lowest BCUT2D eigenvalue weighted by Gasteiger charge is -2.46. The predicted octanol–water partition coefficient (Wildman–Crippen LogP) is 3.81. The highest BCUT2D eigenvalue weighted by molar-refractivity contribution is 6.31. The number of aliphatic hydroxyl groups excluding tert-OH is 1. The Morgan fingerprint density at radius 1 is 1.20 bits per heavy atom. The van der Waals surface area contributed by atoms with Crippen LogP contribution in [-0.4, -0.2) is 15.8 Å². The van der Waals surface area contributed by atoms with E-state index in [1.54, 1.807) is 18.2 Å². The number of hydrogen-bond acceptors (Lipinski definition) is 2. The molecule has 1 aliphatic rings. The minimum atomic E-state index is -1.15. The van der Waals surface area contributed by atoms with Gasteiger partial charge in [0, 0.05) is 11.0 Å². The van der Waals surface area contributed by atoms with Gasteiger partial charge in [-0.05, 0) is 17.1 Å². The van der Waals surface area contributed by atoms with Crippen LogP contribution in [0, 0.1) is 11.3 Å². The second kappa shape index (κ2) is 5.36. The Labute approximate surface area is 125 Å². The lowest BCUT2D eigenvalue weighted by molar-refractivity contribution is -0.0874. The monoisotopic (exact) mass is 292 g/mol. The number of hydrogen-bond donors (Lipinski definition) is 2. The fraction of sp³-hybridized carbons (Fsp3) is 0.412. The van der Waals surface area contributed by atoms with E-state index < -0.39 is 23.0 Å². The topological polar surface area (TPSA) is 40.5 Å². The van der Waals surface area contributed by atoms with Gasteiger partial charge in [-0.25, -0.2) is 0 Å². The Kier molecular flexibility index (Phi) is 4.10. The van der Waals surface area contributed by atoms with E-state index in [1.165, 1.54) is 0 Å². The molecular formula is C17H21ClO2. The second-order valence-corrected chi connectivity index (χ2v) is 6.78. The van der Waals surface area contributed by atoms with Gasteiger partial charge in [-0.1, -0.05) is 74.9 Å². The third-order valence-electron chi connectivity index (χ3n) is 4.03. The summed E-state index contributed by atoms with van der Waals surface area (Å²) < 4.78 is 0. The van der Waals surface area contributed by atoms with Crippen LogP contribution in [0.25, 0.3) is 0 Å². The van der Waals surface area contributed by atoms with Crippen LogP contribution in [0.4, 0.5) is 0 Å². The lowest BCUT2D eigenvalue weighted by atomic mass is 9.65. The summed E-state index contributed by atoms with van der Waals surface area (Å²) in [5.74, 6) is -0.484. The normalized spacial score (nSPS) is 28.1. The Morgan fingerprint density at radius 2 is 1.80 bits per heavy atom. The van der Waals surface area contributed by atoms with Crippen molar-refractivity contribution in [2.24, 2.45) is 11.3 Å². The van der Waals surface area contributed by atoms with E-state index in [-0.39, 0.29) is 0 Å². The quantitative estimate of drug-likeness (QED) is 0.870. The summed E-state index contributed by atoms with van der Waals surface area (Å²) in [6, 6.07) is 9.36. The molecule has 0 aromatic heterocycles. The van der Waals surface area contributed by atoms with Crippen LogP contribution in [-0.2, 0) is 0 Å². The van der Waals surface area contributed by atoms with Crippen LogP contribution in [0.1, 0.15) is 32.4 Å². The van der Waals surface area contributed by atoms with Crippen molar-refractivity contribution < 1.29 is 10.2 Å². The third-order valence-corrected chi connectivity index (χ3v) is 4.28. The van der Waals surface area contributed by atoms with Crippen LogP contribution in [0.15, 0.2) is 53.6 Å². The molecule has 1 aliphatic carbocycles. The fourth-order valence-corrected chi connectivity index (χ4v) is 2.81. The van der Waals surface area contributed by atoms with Gasteiger partial charge < -0.3 is 10.2 Å². The molecule has 3 heteroatoms. The second-order valence-electron chi connectivity index (χ2n) is 6.34. The summed E-state index contributed by atoms with van der Waals surface area (Å²) in [5, 5.41) is 22.3. The van der Waals surface area contributed by atoms with Gasteiger partial charge in [-0.3, -0.25) is 0 Å². The molecule has 2 N–H and O–H groups in total. The van der Waals surface area contributed by atoms with Crippen LogP contribution >= 0.6 is 11.6 Å². The highest BCUT2D eigenvalue weighted by Crippen LogP contribution is 2.46. The molecule has 0 spiro atoms. The average molecular weight is 293 g/mol. The molecule has 2 rings (SSSR count). The SMILES string of the molecule is CC(C)(C)C1(O)C=CC(Cl)=CC1C(O)c1ccccc1. The molecule has 0 heterocycles. The van der Waals surface area contributed by atoms with Gasteiger partial charge >= 0.3 is 0 Å². The Morgan fingerprint density at radius 3 is 2.35 bits per heavy atom. The maximum atomic E-state index is 11.1. The molecule has 1 aromatic carbocycles. The highest BCUT2D eigenvalue weighted by Gasteiger charge is 2.48. The fourth-order valence-electron chi connectivity index (χ4n) is 2.61.